The first kappa shape index (κ1) is 12.4. The predicted molar refractivity (Wildman–Crippen MR) is 32.5 cm³/mol. The zero-order valence-corrected chi connectivity index (χ0v) is 7.86. The number of rotatable bonds is 0. The van der Waals surface area contributed by atoms with Crippen molar-refractivity contribution in [2.24, 2.45) is 0 Å². The molecule has 0 bridgehead atoms. The Balaban J connectivity index is 0. The smallest absolute Gasteiger partial charge is 0.554 e. The number of carbonyl (C=O) groups is 1. The van der Waals surface area contributed by atoms with Gasteiger partial charge in [0.1, 0.15) is 0 Å². The summed E-state index contributed by atoms with van der Waals surface area (Å²) in [7, 11) is 0. The fourth-order valence-corrected chi connectivity index (χ4v) is 0.385. The summed E-state index contributed by atoms with van der Waals surface area (Å²) in [5, 5.41) is 8.25. The van der Waals surface area contributed by atoms with Crippen LogP contribution in [0.25, 0.3) is 0 Å². The number of benzene rings is 1. The summed E-state index contributed by atoms with van der Waals surface area (Å²) in [4.78, 5) is 8.25. The minimum Gasteiger partial charge on any atom is -0.554 e. The average molecular weight is 146 g/mol. The second-order valence-corrected chi connectivity index (χ2v) is 1.25. The van der Waals surface area contributed by atoms with Crippen LogP contribution in [0.4, 0.5) is 0 Å². The monoisotopic (exact) mass is 146 g/mol. The molecule has 0 saturated carbocycles. The van der Waals surface area contributed by atoms with Crippen LogP contribution >= 0.6 is 0 Å². The van der Waals surface area contributed by atoms with Gasteiger partial charge in [-0.1, -0.05) is 36.4 Å². The van der Waals surface area contributed by atoms with Gasteiger partial charge in [-0.25, -0.2) is 0 Å². The van der Waals surface area contributed by atoms with E-state index in [1.165, 1.54) is 0 Å². The molecule has 0 aromatic heterocycles. The minimum absolute atomic E-state index is 0. The van der Waals surface area contributed by atoms with Gasteiger partial charge in [-0.05, 0) is 0 Å². The van der Waals surface area contributed by atoms with Crippen LogP contribution in [-0.2, 0) is 4.79 Å². The Hall–Kier alpha value is -0.310. The van der Waals surface area contributed by atoms with Gasteiger partial charge in [0.05, 0.1) is 0 Å². The second kappa shape index (κ2) is 11.5. The standard InChI is InChI=1S/C6H6.CH2O2.Na/c1-2-4-6-5-3-1;2-1-3;/h1-6H;1H,(H,2,3);/q;;+1/p-1. The first-order valence-electron chi connectivity index (χ1n) is 2.47. The maximum Gasteiger partial charge on any atom is 1.00 e. The van der Waals surface area contributed by atoms with Gasteiger partial charge in [-0.2, -0.15) is 0 Å². The summed E-state index contributed by atoms with van der Waals surface area (Å²) in [6.07, 6.45) is 0. The molecule has 0 atom stereocenters. The van der Waals surface area contributed by atoms with Crippen LogP contribution in [0.1, 0.15) is 0 Å². The fourth-order valence-electron chi connectivity index (χ4n) is 0.385. The average Bonchev–Trinajstić information content (AvgIpc) is 1.93. The molecule has 0 amide bonds. The molecule has 3 heteroatoms. The van der Waals surface area contributed by atoms with Crippen LogP contribution in [0, 0.1) is 0 Å². The van der Waals surface area contributed by atoms with E-state index in [1.807, 2.05) is 36.4 Å². The zero-order chi connectivity index (χ0) is 6.95. The molecule has 0 heterocycles. The van der Waals surface area contributed by atoms with Gasteiger partial charge in [0.25, 0.3) is 0 Å². The van der Waals surface area contributed by atoms with Crippen LogP contribution in [-0.4, -0.2) is 6.47 Å². The van der Waals surface area contributed by atoms with Crippen LogP contribution in [0.2, 0.25) is 0 Å². The normalized spacial score (nSPS) is 6.00. The molecular weight excluding hydrogens is 139 g/mol. The summed E-state index contributed by atoms with van der Waals surface area (Å²) < 4.78 is 0. The predicted octanol–water partition coefficient (Wildman–Crippen LogP) is -2.94. The maximum absolute atomic E-state index is 8.25. The second-order valence-electron chi connectivity index (χ2n) is 1.25. The van der Waals surface area contributed by atoms with Crippen molar-refractivity contribution < 1.29 is 39.5 Å². The van der Waals surface area contributed by atoms with E-state index >= 15 is 0 Å². The Morgan fingerprint density at radius 3 is 1.10 bits per heavy atom. The Morgan fingerprint density at radius 1 is 0.900 bits per heavy atom. The van der Waals surface area contributed by atoms with E-state index in [4.69, 9.17) is 9.90 Å². The molecule has 0 aliphatic carbocycles. The van der Waals surface area contributed by atoms with Crippen LogP contribution in [0.5, 0.6) is 0 Å². The molecule has 1 aromatic carbocycles. The van der Waals surface area contributed by atoms with Crippen molar-refractivity contribution in [1.29, 1.82) is 0 Å². The molecule has 0 radical (unpaired) electrons. The number of carboxylic acid groups (broad SMARTS) is 1. The Morgan fingerprint density at radius 2 is 1.00 bits per heavy atom. The molecule has 0 fully saturated rings. The van der Waals surface area contributed by atoms with E-state index in [-0.39, 0.29) is 29.6 Å². The summed E-state index contributed by atoms with van der Waals surface area (Å²) in [6.45, 7) is -0.500. The van der Waals surface area contributed by atoms with Gasteiger partial charge in [0.2, 0.25) is 0 Å². The Bertz CT molecular complexity index is 115. The molecule has 0 aliphatic heterocycles. The third kappa shape index (κ3) is 10.6. The molecule has 2 nitrogen and oxygen atoms in total. The number of hydrogen-bond donors (Lipinski definition) is 0. The molecule has 0 N–H and O–H groups in total. The molecule has 48 valence electrons. The van der Waals surface area contributed by atoms with Crippen LogP contribution in [0.15, 0.2) is 36.4 Å². The largest absolute Gasteiger partial charge is 1.00 e. The molecule has 1 aromatic rings. The van der Waals surface area contributed by atoms with Crippen molar-refractivity contribution in [3.8, 4) is 0 Å². The molecule has 0 aliphatic rings. The van der Waals surface area contributed by atoms with Gasteiger partial charge in [-0.3, -0.25) is 0 Å². The van der Waals surface area contributed by atoms with E-state index in [0.29, 0.717) is 0 Å². The quantitative estimate of drug-likeness (QED) is 0.290. The van der Waals surface area contributed by atoms with Gasteiger partial charge < -0.3 is 9.90 Å². The fraction of sp³-hybridized carbons (Fsp3) is 0. The Kier molecular flexibility index (Phi) is 14.2. The van der Waals surface area contributed by atoms with Gasteiger partial charge in [0, 0.05) is 6.47 Å². The minimum atomic E-state index is -0.500. The van der Waals surface area contributed by atoms with E-state index in [2.05, 4.69) is 0 Å². The number of carbonyl (C=O) groups excluding carboxylic acids is 1. The summed E-state index contributed by atoms with van der Waals surface area (Å²) >= 11 is 0. The van der Waals surface area contributed by atoms with Crippen LogP contribution < -0.4 is 34.7 Å². The molecule has 10 heavy (non-hydrogen) atoms. The summed E-state index contributed by atoms with van der Waals surface area (Å²) in [5.41, 5.74) is 0. The molecule has 0 spiro atoms. The summed E-state index contributed by atoms with van der Waals surface area (Å²) in [6, 6.07) is 12.0. The van der Waals surface area contributed by atoms with Crippen molar-refractivity contribution in [2.75, 3.05) is 0 Å². The number of hydrogen-bond acceptors (Lipinski definition) is 2. The van der Waals surface area contributed by atoms with Gasteiger partial charge in [0.15, 0.2) is 0 Å². The molecular formula is C7H7NaO2. The van der Waals surface area contributed by atoms with Crippen LogP contribution in [0.3, 0.4) is 0 Å². The van der Waals surface area contributed by atoms with Crippen molar-refractivity contribution in [3.63, 3.8) is 0 Å². The zero-order valence-electron chi connectivity index (χ0n) is 5.86. The first-order valence-corrected chi connectivity index (χ1v) is 2.47. The Labute approximate surface area is 82.2 Å². The third-order valence-electron chi connectivity index (χ3n) is 0.667. The molecule has 0 unspecified atom stereocenters. The SMILES string of the molecule is O=C[O-].[Na+].c1ccccc1. The first-order chi connectivity index (χ1) is 4.41. The van der Waals surface area contributed by atoms with Crippen molar-refractivity contribution in [1.82, 2.24) is 0 Å². The topological polar surface area (TPSA) is 40.1 Å². The van der Waals surface area contributed by atoms with E-state index in [9.17, 15) is 0 Å². The molecule has 0 saturated heterocycles. The maximum atomic E-state index is 8.25. The molecule has 1 rings (SSSR count). The van der Waals surface area contributed by atoms with Crippen molar-refractivity contribution in [2.45, 2.75) is 0 Å². The van der Waals surface area contributed by atoms with Gasteiger partial charge in [-0.15, -0.1) is 0 Å². The third-order valence-corrected chi connectivity index (χ3v) is 0.667. The van der Waals surface area contributed by atoms with Crippen molar-refractivity contribution >= 4 is 6.47 Å². The summed E-state index contributed by atoms with van der Waals surface area (Å²) in [5.74, 6) is 0. The van der Waals surface area contributed by atoms with E-state index in [0.717, 1.165) is 0 Å². The van der Waals surface area contributed by atoms with E-state index < -0.39 is 6.47 Å². The van der Waals surface area contributed by atoms with E-state index in [1.54, 1.807) is 0 Å². The van der Waals surface area contributed by atoms with Gasteiger partial charge >= 0.3 is 29.6 Å². The van der Waals surface area contributed by atoms with Crippen molar-refractivity contribution in [3.05, 3.63) is 36.4 Å².